The summed E-state index contributed by atoms with van der Waals surface area (Å²) in [6, 6.07) is 17.3. The van der Waals surface area contributed by atoms with Crippen molar-refractivity contribution in [2.24, 2.45) is 5.92 Å². The van der Waals surface area contributed by atoms with Crippen LogP contribution in [0.4, 0.5) is 0 Å². The Morgan fingerprint density at radius 1 is 1.00 bits per heavy atom. The molecule has 3 rings (SSSR count). The van der Waals surface area contributed by atoms with E-state index >= 15 is 0 Å². The second kappa shape index (κ2) is 11.1. The summed E-state index contributed by atoms with van der Waals surface area (Å²) in [6.45, 7) is 2.75. The van der Waals surface area contributed by atoms with Gasteiger partial charge in [0.25, 0.3) is 5.91 Å². The maximum atomic E-state index is 12.8. The van der Waals surface area contributed by atoms with Crippen LogP contribution < -0.4 is 10.6 Å². The molecule has 2 aromatic carbocycles. The number of hydrogen-bond acceptors (Lipinski definition) is 3. The summed E-state index contributed by atoms with van der Waals surface area (Å²) < 4.78 is 0. The van der Waals surface area contributed by atoms with Crippen molar-refractivity contribution in [3.05, 3.63) is 65.7 Å². The van der Waals surface area contributed by atoms with Crippen LogP contribution in [0.25, 0.3) is 0 Å². The number of hydrogen-bond donors (Lipinski definition) is 2. The summed E-state index contributed by atoms with van der Waals surface area (Å²) in [5.41, 5.74) is 1.67. The largest absolute Gasteiger partial charge is 0.355 e. The molecule has 0 saturated heterocycles. The van der Waals surface area contributed by atoms with Gasteiger partial charge in [-0.25, -0.2) is 0 Å². The van der Waals surface area contributed by atoms with Gasteiger partial charge < -0.3 is 10.6 Å². The Balaban J connectivity index is 1.52. The summed E-state index contributed by atoms with van der Waals surface area (Å²) >= 11 is 1.42. The normalized spacial score (nSPS) is 15.5. The Morgan fingerprint density at radius 3 is 2.45 bits per heavy atom. The van der Waals surface area contributed by atoms with E-state index in [-0.39, 0.29) is 17.9 Å². The van der Waals surface area contributed by atoms with E-state index in [4.69, 9.17) is 0 Å². The first-order chi connectivity index (χ1) is 14.1. The van der Waals surface area contributed by atoms with Crippen LogP contribution in [-0.2, 0) is 4.79 Å². The second-order valence-electron chi connectivity index (χ2n) is 7.70. The number of nitrogens with one attached hydrogen (secondary N) is 2. The number of amides is 2. The van der Waals surface area contributed by atoms with E-state index in [0.717, 1.165) is 17.0 Å². The van der Waals surface area contributed by atoms with Gasteiger partial charge in [-0.1, -0.05) is 61.7 Å². The van der Waals surface area contributed by atoms with Gasteiger partial charge in [0, 0.05) is 11.4 Å². The van der Waals surface area contributed by atoms with Crippen LogP contribution in [-0.4, -0.2) is 24.1 Å². The standard InChI is InChI=1S/C24H30N2O2S/c1-18(20-12-6-3-7-13-20)26-24(28)21-14-8-9-15-22(21)29-17-23(27)25-16-19-10-4-2-5-11-19/h3,6-9,12-15,18-19H,2,4-5,10-11,16-17H2,1H3,(H,25,27)(H,26,28). The van der Waals surface area contributed by atoms with Gasteiger partial charge in [-0.3, -0.25) is 9.59 Å². The Morgan fingerprint density at radius 2 is 1.69 bits per heavy atom. The first-order valence-corrected chi connectivity index (χ1v) is 11.5. The SMILES string of the molecule is CC(NC(=O)c1ccccc1SCC(=O)NCC1CCCCC1)c1ccccc1. The Hall–Kier alpha value is -2.27. The minimum atomic E-state index is -0.118. The molecule has 0 bridgehead atoms. The molecule has 1 aliphatic carbocycles. The fourth-order valence-corrected chi connectivity index (χ4v) is 4.60. The molecule has 1 fully saturated rings. The highest BCUT2D eigenvalue weighted by Crippen LogP contribution is 2.25. The van der Waals surface area contributed by atoms with E-state index in [2.05, 4.69) is 10.6 Å². The smallest absolute Gasteiger partial charge is 0.252 e. The molecule has 2 aromatic rings. The lowest BCUT2D eigenvalue weighted by atomic mass is 9.89. The minimum Gasteiger partial charge on any atom is -0.355 e. The van der Waals surface area contributed by atoms with Crippen LogP contribution in [0, 0.1) is 5.92 Å². The second-order valence-corrected chi connectivity index (χ2v) is 8.72. The molecule has 2 N–H and O–H groups in total. The predicted molar refractivity (Wildman–Crippen MR) is 119 cm³/mol. The average molecular weight is 411 g/mol. The number of benzene rings is 2. The molecule has 0 aromatic heterocycles. The third-order valence-corrected chi connectivity index (χ3v) is 6.52. The fourth-order valence-electron chi connectivity index (χ4n) is 3.72. The molecule has 1 saturated carbocycles. The van der Waals surface area contributed by atoms with Gasteiger partial charge in [0.15, 0.2) is 0 Å². The number of carbonyl (C=O) groups is 2. The highest BCUT2D eigenvalue weighted by atomic mass is 32.2. The first kappa shape index (κ1) is 21.4. The van der Waals surface area contributed by atoms with E-state index in [1.54, 1.807) is 0 Å². The molecule has 1 aliphatic rings. The van der Waals surface area contributed by atoms with Gasteiger partial charge in [0.05, 0.1) is 17.4 Å². The van der Waals surface area contributed by atoms with Gasteiger partial charge in [-0.05, 0) is 43.4 Å². The molecule has 1 unspecified atom stereocenters. The zero-order chi connectivity index (χ0) is 20.5. The van der Waals surface area contributed by atoms with Crippen molar-refractivity contribution in [2.75, 3.05) is 12.3 Å². The maximum Gasteiger partial charge on any atom is 0.252 e. The van der Waals surface area contributed by atoms with E-state index in [0.29, 0.717) is 17.2 Å². The molecule has 4 nitrogen and oxygen atoms in total. The van der Waals surface area contributed by atoms with Gasteiger partial charge >= 0.3 is 0 Å². The van der Waals surface area contributed by atoms with Crippen LogP contribution in [0.3, 0.4) is 0 Å². The van der Waals surface area contributed by atoms with Crippen LogP contribution >= 0.6 is 11.8 Å². The highest BCUT2D eigenvalue weighted by molar-refractivity contribution is 8.00. The monoisotopic (exact) mass is 410 g/mol. The first-order valence-electron chi connectivity index (χ1n) is 10.5. The molecule has 29 heavy (non-hydrogen) atoms. The molecule has 0 radical (unpaired) electrons. The summed E-state index contributed by atoms with van der Waals surface area (Å²) in [6.07, 6.45) is 6.31. The summed E-state index contributed by atoms with van der Waals surface area (Å²) in [5.74, 6) is 0.862. The third-order valence-electron chi connectivity index (χ3n) is 5.45. The lowest BCUT2D eigenvalue weighted by molar-refractivity contribution is -0.118. The molecular weight excluding hydrogens is 380 g/mol. The minimum absolute atomic E-state index is 0.0356. The van der Waals surface area contributed by atoms with Gasteiger partial charge in [0.1, 0.15) is 0 Å². The van der Waals surface area contributed by atoms with Crippen molar-refractivity contribution in [2.45, 2.75) is 50.0 Å². The average Bonchev–Trinajstić information content (AvgIpc) is 2.77. The van der Waals surface area contributed by atoms with Crippen molar-refractivity contribution < 1.29 is 9.59 Å². The molecule has 1 atom stereocenters. The van der Waals surface area contributed by atoms with E-state index in [1.165, 1.54) is 43.9 Å². The lowest BCUT2D eigenvalue weighted by Crippen LogP contribution is -2.31. The van der Waals surface area contributed by atoms with Gasteiger partial charge in [-0.15, -0.1) is 11.8 Å². The van der Waals surface area contributed by atoms with Crippen molar-refractivity contribution in [1.82, 2.24) is 10.6 Å². The third kappa shape index (κ3) is 6.64. The molecular formula is C24H30N2O2S. The maximum absolute atomic E-state index is 12.8. The predicted octanol–water partition coefficient (Wildman–Crippen LogP) is 4.97. The topological polar surface area (TPSA) is 58.2 Å². The van der Waals surface area contributed by atoms with Crippen molar-refractivity contribution in [3.8, 4) is 0 Å². The Kier molecular flexibility index (Phi) is 8.17. The van der Waals surface area contributed by atoms with E-state index in [1.807, 2.05) is 61.5 Å². The zero-order valence-corrected chi connectivity index (χ0v) is 17.8. The molecule has 154 valence electrons. The van der Waals surface area contributed by atoms with Gasteiger partial charge in [-0.2, -0.15) is 0 Å². The van der Waals surface area contributed by atoms with Gasteiger partial charge in [0.2, 0.25) is 5.91 Å². The lowest BCUT2D eigenvalue weighted by Gasteiger charge is -2.21. The molecule has 5 heteroatoms. The molecule has 0 heterocycles. The number of carbonyl (C=O) groups excluding carboxylic acids is 2. The molecule has 2 amide bonds. The summed E-state index contributed by atoms with van der Waals surface area (Å²) in [5, 5.41) is 6.12. The Bertz CT molecular complexity index is 804. The Labute approximate surface area is 177 Å². The van der Waals surface area contributed by atoms with E-state index < -0.39 is 0 Å². The number of rotatable bonds is 8. The summed E-state index contributed by atoms with van der Waals surface area (Å²) in [4.78, 5) is 25.9. The molecule has 0 spiro atoms. The van der Waals surface area contributed by atoms with Crippen LogP contribution in [0.2, 0.25) is 0 Å². The summed E-state index contributed by atoms with van der Waals surface area (Å²) in [7, 11) is 0. The molecule has 0 aliphatic heterocycles. The van der Waals surface area contributed by atoms with Crippen molar-refractivity contribution in [1.29, 1.82) is 0 Å². The van der Waals surface area contributed by atoms with Crippen molar-refractivity contribution in [3.63, 3.8) is 0 Å². The van der Waals surface area contributed by atoms with Crippen molar-refractivity contribution >= 4 is 23.6 Å². The zero-order valence-electron chi connectivity index (χ0n) is 17.0. The van der Waals surface area contributed by atoms with Crippen LogP contribution in [0.15, 0.2) is 59.5 Å². The van der Waals surface area contributed by atoms with Crippen LogP contribution in [0.5, 0.6) is 0 Å². The van der Waals surface area contributed by atoms with Crippen LogP contribution in [0.1, 0.15) is 61.0 Å². The quantitative estimate of drug-likeness (QED) is 0.604. The van der Waals surface area contributed by atoms with E-state index in [9.17, 15) is 9.59 Å². The fraction of sp³-hybridized carbons (Fsp3) is 0.417. The number of thioether (sulfide) groups is 1. The highest BCUT2D eigenvalue weighted by Gasteiger charge is 2.17.